The lowest BCUT2D eigenvalue weighted by Gasteiger charge is -2.40. The Morgan fingerprint density at radius 2 is 2.07 bits per heavy atom. The molecule has 1 aromatic rings. The number of ketones is 1. The van der Waals surface area contributed by atoms with E-state index >= 15 is 0 Å². The summed E-state index contributed by atoms with van der Waals surface area (Å²) < 4.78 is 22.0. The molecule has 3 rings (SSSR count). The molecule has 144 valence electrons. The van der Waals surface area contributed by atoms with Crippen molar-refractivity contribution in [1.29, 1.82) is 0 Å². The second-order valence-corrected chi connectivity index (χ2v) is 6.58. The smallest absolute Gasteiger partial charge is 0.231 e. The maximum atomic E-state index is 12.3. The van der Waals surface area contributed by atoms with Crippen molar-refractivity contribution in [2.45, 2.75) is 25.0 Å². The van der Waals surface area contributed by atoms with Crippen molar-refractivity contribution in [3.05, 3.63) is 59.9 Å². The van der Waals surface area contributed by atoms with E-state index in [4.69, 9.17) is 18.9 Å². The van der Waals surface area contributed by atoms with Gasteiger partial charge in [-0.05, 0) is 30.2 Å². The molecule has 6 nitrogen and oxygen atoms in total. The molecule has 0 amide bonds. The number of carbonyl (C=O) groups is 1. The molecule has 1 aliphatic heterocycles. The van der Waals surface area contributed by atoms with Gasteiger partial charge in [-0.2, -0.15) is 0 Å². The molecule has 2 aliphatic rings. The molecule has 1 N–H and O–H groups in total. The molecule has 0 saturated heterocycles. The monoisotopic (exact) mass is 372 g/mol. The fourth-order valence-electron chi connectivity index (χ4n) is 3.58. The minimum Gasteiger partial charge on any atom is -0.498 e. The van der Waals surface area contributed by atoms with Crippen molar-refractivity contribution >= 4 is 5.78 Å². The first-order valence-corrected chi connectivity index (χ1v) is 8.72. The highest BCUT2D eigenvalue weighted by Gasteiger charge is 2.46. The molecule has 3 atom stereocenters. The van der Waals surface area contributed by atoms with Crippen molar-refractivity contribution in [1.82, 2.24) is 0 Å². The Hall–Kier alpha value is -2.57. The molecule has 0 saturated carbocycles. The number of benzene rings is 1. The molecule has 0 fully saturated rings. The highest BCUT2D eigenvalue weighted by atomic mass is 16.7. The zero-order chi connectivity index (χ0) is 19.6. The number of aliphatic hydroxyl groups is 1. The van der Waals surface area contributed by atoms with Gasteiger partial charge >= 0.3 is 0 Å². The fourth-order valence-corrected chi connectivity index (χ4v) is 3.58. The molecular formula is C21H24O6. The largest absolute Gasteiger partial charge is 0.498 e. The summed E-state index contributed by atoms with van der Waals surface area (Å²) in [7, 11) is 3.02. The van der Waals surface area contributed by atoms with Crippen LogP contribution < -0.4 is 9.47 Å². The second-order valence-electron chi connectivity index (χ2n) is 6.58. The lowest BCUT2D eigenvalue weighted by atomic mass is 9.76. The van der Waals surface area contributed by atoms with E-state index in [1.807, 2.05) is 6.92 Å². The van der Waals surface area contributed by atoms with E-state index in [1.165, 1.54) is 20.3 Å². The van der Waals surface area contributed by atoms with Crippen molar-refractivity contribution in [3.63, 3.8) is 0 Å². The number of hydrogen-bond acceptors (Lipinski definition) is 6. The SMILES string of the molecule is C=CCC1=C[C@@](OC)([C@H](C)[C@@H](O)c2ccc3c(c2)OCO3)C(OC)=CC1=O. The van der Waals surface area contributed by atoms with Crippen LogP contribution in [0.5, 0.6) is 11.5 Å². The predicted molar refractivity (Wildman–Crippen MR) is 99.4 cm³/mol. The van der Waals surface area contributed by atoms with Crippen LogP contribution in [0.2, 0.25) is 0 Å². The van der Waals surface area contributed by atoms with Gasteiger partial charge in [0.1, 0.15) is 11.4 Å². The third-order valence-corrected chi connectivity index (χ3v) is 5.16. The number of fused-ring (bicyclic) bond motifs is 1. The molecule has 0 unspecified atom stereocenters. The summed E-state index contributed by atoms with van der Waals surface area (Å²) in [4.78, 5) is 12.3. The second kappa shape index (κ2) is 7.58. The summed E-state index contributed by atoms with van der Waals surface area (Å²) in [5.41, 5.74) is 0.128. The normalized spacial score (nSPS) is 23.3. The molecule has 1 aliphatic carbocycles. The van der Waals surface area contributed by atoms with E-state index < -0.39 is 17.6 Å². The number of methoxy groups -OCH3 is 2. The topological polar surface area (TPSA) is 74.2 Å². The molecule has 0 radical (unpaired) electrons. The molecule has 6 heteroatoms. The van der Waals surface area contributed by atoms with E-state index in [0.717, 1.165) is 0 Å². The Morgan fingerprint density at radius 3 is 2.74 bits per heavy atom. The average molecular weight is 372 g/mol. The van der Waals surface area contributed by atoms with Crippen molar-refractivity contribution < 1.29 is 28.8 Å². The minimum absolute atomic E-state index is 0.149. The molecule has 0 spiro atoms. The Kier molecular flexibility index (Phi) is 5.39. The lowest BCUT2D eigenvalue weighted by molar-refractivity contribution is -0.113. The Labute approximate surface area is 158 Å². The van der Waals surface area contributed by atoms with E-state index in [9.17, 15) is 9.90 Å². The van der Waals surface area contributed by atoms with Gasteiger partial charge in [0.15, 0.2) is 17.3 Å². The van der Waals surface area contributed by atoms with Crippen LogP contribution in [0.3, 0.4) is 0 Å². The molecule has 1 heterocycles. The Morgan fingerprint density at radius 1 is 1.33 bits per heavy atom. The number of allylic oxidation sites excluding steroid dienone is 3. The third-order valence-electron chi connectivity index (χ3n) is 5.16. The van der Waals surface area contributed by atoms with Crippen LogP contribution in [0.4, 0.5) is 0 Å². The van der Waals surface area contributed by atoms with Crippen molar-refractivity contribution in [2.75, 3.05) is 21.0 Å². The van der Waals surface area contributed by atoms with Crippen LogP contribution in [-0.2, 0) is 14.3 Å². The standard InChI is InChI=1S/C21H24O6/c1-5-6-15-11-21(25-4,19(24-3)10-16(15)22)13(2)20(23)14-7-8-17-18(9-14)27-12-26-17/h5,7-11,13,20,23H,1,6,12H2,2-4H3/t13-,20-,21-/m1/s1. The van der Waals surface area contributed by atoms with Gasteiger partial charge in [-0.25, -0.2) is 0 Å². The number of carbonyl (C=O) groups excluding carboxylic acids is 1. The first kappa shape index (κ1) is 19.2. The highest BCUT2D eigenvalue weighted by molar-refractivity contribution is 6.06. The quantitative estimate of drug-likeness (QED) is 0.742. The first-order valence-electron chi connectivity index (χ1n) is 8.72. The molecular weight excluding hydrogens is 348 g/mol. The summed E-state index contributed by atoms with van der Waals surface area (Å²) in [5, 5.41) is 11.1. The van der Waals surface area contributed by atoms with Gasteiger partial charge in [0.25, 0.3) is 0 Å². The molecule has 1 aromatic carbocycles. The number of rotatable bonds is 7. The Balaban J connectivity index is 2.00. The zero-order valence-electron chi connectivity index (χ0n) is 15.7. The lowest BCUT2D eigenvalue weighted by Crippen LogP contribution is -2.45. The maximum absolute atomic E-state index is 12.3. The molecule has 0 aromatic heterocycles. The van der Waals surface area contributed by atoms with Crippen LogP contribution in [0.15, 0.2) is 54.3 Å². The maximum Gasteiger partial charge on any atom is 0.231 e. The van der Waals surface area contributed by atoms with Gasteiger partial charge < -0.3 is 24.1 Å². The fraction of sp³-hybridized carbons (Fsp3) is 0.381. The van der Waals surface area contributed by atoms with E-state index in [2.05, 4.69) is 6.58 Å². The van der Waals surface area contributed by atoms with Crippen LogP contribution in [-0.4, -0.2) is 37.5 Å². The van der Waals surface area contributed by atoms with E-state index in [0.29, 0.717) is 34.8 Å². The summed E-state index contributed by atoms with van der Waals surface area (Å²) in [6.07, 6.45) is 4.33. The number of aliphatic hydroxyl groups excluding tert-OH is 1. The van der Waals surface area contributed by atoms with E-state index in [-0.39, 0.29) is 12.6 Å². The molecule has 27 heavy (non-hydrogen) atoms. The van der Waals surface area contributed by atoms with Gasteiger partial charge in [0.2, 0.25) is 6.79 Å². The van der Waals surface area contributed by atoms with Crippen LogP contribution in [0.1, 0.15) is 25.0 Å². The minimum atomic E-state index is -1.09. The summed E-state index contributed by atoms with van der Waals surface area (Å²) >= 11 is 0. The van der Waals surface area contributed by atoms with Crippen LogP contribution >= 0.6 is 0 Å². The highest BCUT2D eigenvalue weighted by Crippen LogP contribution is 2.44. The van der Waals surface area contributed by atoms with Gasteiger partial charge in [-0.1, -0.05) is 19.1 Å². The van der Waals surface area contributed by atoms with E-state index in [1.54, 1.807) is 30.4 Å². The number of ether oxygens (including phenoxy) is 4. The Bertz CT molecular complexity index is 809. The van der Waals surface area contributed by atoms with Crippen LogP contribution in [0.25, 0.3) is 0 Å². The number of hydrogen-bond donors (Lipinski definition) is 1. The van der Waals surface area contributed by atoms with Crippen LogP contribution in [0, 0.1) is 5.92 Å². The zero-order valence-corrected chi connectivity index (χ0v) is 15.7. The third kappa shape index (κ3) is 3.26. The predicted octanol–water partition coefficient (Wildman–Crippen LogP) is 3.09. The van der Waals surface area contributed by atoms with Crippen molar-refractivity contribution in [3.8, 4) is 11.5 Å². The first-order chi connectivity index (χ1) is 13.0. The van der Waals surface area contributed by atoms with Crippen molar-refractivity contribution in [2.24, 2.45) is 5.92 Å². The average Bonchev–Trinajstić information content (AvgIpc) is 3.16. The van der Waals surface area contributed by atoms with Gasteiger partial charge in [0.05, 0.1) is 13.2 Å². The summed E-state index contributed by atoms with van der Waals surface area (Å²) in [5.74, 6) is 0.990. The van der Waals surface area contributed by atoms with Gasteiger partial charge in [0, 0.05) is 24.7 Å². The molecule has 0 bridgehead atoms. The summed E-state index contributed by atoms with van der Waals surface area (Å²) in [6.45, 7) is 5.72. The summed E-state index contributed by atoms with van der Waals surface area (Å²) in [6, 6.07) is 5.31. The van der Waals surface area contributed by atoms with Gasteiger partial charge in [-0.3, -0.25) is 4.79 Å². The van der Waals surface area contributed by atoms with Gasteiger partial charge in [-0.15, -0.1) is 6.58 Å².